The summed E-state index contributed by atoms with van der Waals surface area (Å²) in [7, 11) is 0. The topological polar surface area (TPSA) is 137 Å². The van der Waals surface area contributed by atoms with Gasteiger partial charge in [-0.15, -0.1) is 0 Å². The van der Waals surface area contributed by atoms with E-state index in [9.17, 15) is 20.4 Å². The SMILES string of the molecule is Cc1cc(OO[C@@H]2[C@@H](O)[C@H](O)[C@@H](CO)O[C@H]2O)c2c(CCC3CCCCC3)n[nH]c2c1. The molecule has 1 aromatic heterocycles. The molecule has 1 aliphatic heterocycles. The van der Waals surface area contributed by atoms with Crippen LogP contribution < -0.4 is 4.89 Å². The first kappa shape index (κ1) is 22.4. The monoisotopic (exact) mass is 436 g/mol. The van der Waals surface area contributed by atoms with Gasteiger partial charge < -0.3 is 30.1 Å². The second-order valence-electron chi connectivity index (χ2n) is 8.77. The molecule has 1 aromatic carbocycles. The Morgan fingerprint density at radius 2 is 1.90 bits per heavy atom. The maximum Gasteiger partial charge on any atom is 0.188 e. The Hall–Kier alpha value is -1.75. The third-order valence-electron chi connectivity index (χ3n) is 6.45. The molecule has 9 heteroatoms. The summed E-state index contributed by atoms with van der Waals surface area (Å²) in [5.74, 6) is 1.14. The summed E-state index contributed by atoms with van der Waals surface area (Å²) >= 11 is 0. The second-order valence-corrected chi connectivity index (χ2v) is 8.77. The van der Waals surface area contributed by atoms with Gasteiger partial charge in [-0.2, -0.15) is 9.99 Å². The number of benzene rings is 1. The number of fused-ring (bicyclic) bond motifs is 1. The van der Waals surface area contributed by atoms with Crippen LogP contribution in [0.2, 0.25) is 0 Å². The molecule has 0 bridgehead atoms. The van der Waals surface area contributed by atoms with E-state index in [2.05, 4.69) is 10.2 Å². The number of nitrogens with one attached hydrogen (secondary N) is 1. The van der Waals surface area contributed by atoms with E-state index < -0.39 is 37.3 Å². The highest BCUT2D eigenvalue weighted by molar-refractivity contribution is 5.88. The van der Waals surface area contributed by atoms with Gasteiger partial charge >= 0.3 is 0 Å². The largest absolute Gasteiger partial charge is 0.394 e. The molecule has 9 nitrogen and oxygen atoms in total. The lowest BCUT2D eigenvalue weighted by Crippen LogP contribution is -2.59. The number of hydrogen-bond donors (Lipinski definition) is 5. The standard InChI is InChI=1S/C22H32N2O7/c1-12-9-15-18(14(23-24-15)8-7-13-5-3-2-4-6-13)16(10-12)30-31-21-20(27)19(26)17(11-25)29-22(21)28/h9-10,13,17,19-22,25-28H,2-8,11H2,1H3,(H,23,24)/t17-,19-,20+,21-,22-/m1/s1. The van der Waals surface area contributed by atoms with Gasteiger partial charge in [0.05, 0.1) is 23.2 Å². The van der Waals surface area contributed by atoms with Gasteiger partial charge in [-0.05, 0) is 43.4 Å². The number of aromatic amines is 1. The van der Waals surface area contributed by atoms with E-state index >= 15 is 0 Å². The zero-order valence-electron chi connectivity index (χ0n) is 17.7. The van der Waals surface area contributed by atoms with Gasteiger partial charge in [0.25, 0.3) is 0 Å². The van der Waals surface area contributed by atoms with Crippen molar-refractivity contribution in [2.45, 2.75) is 82.6 Å². The van der Waals surface area contributed by atoms with E-state index in [-0.39, 0.29) is 0 Å². The molecule has 0 spiro atoms. The number of aromatic nitrogens is 2. The number of aryl methyl sites for hydroxylation is 2. The van der Waals surface area contributed by atoms with Crippen LogP contribution in [0.1, 0.15) is 49.8 Å². The Morgan fingerprint density at radius 3 is 2.65 bits per heavy atom. The average Bonchev–Trinajstić information content (AvgIpc) is 3.18. The second kappa shape index (κ2) is 9.81. The molecular formula is C22H32N2O7. The van der Waals surface area contributed by atoms with Crippen molar-refractivity contribution < 1.29 is 34.9 Å². The normalized spacial score (nSPS) is 30.0. The van der Waals surface area contributed by atoms with E-state index in [0.717, 1.165) is 40.9 Å². The first-order valence-electron chi connectivity index (χ1n) is 11.1. The van der Waals surface area contributed by atoms with Gasteiger partial charge in [-0.1, -0.05) is 32.1 Å². The number of rotatable bonds is 7. The summed E-state index contributed by atoms with van der Waals surface area (Å²) in [6.45, 7) is 1.37. The number of nitrogens with zero attached hydrogens (tertiary/aromatic N) is 1. The Morgan fingerprint density at radius 1 is 1.13 bits per heavy atom. The molecule has 2 heterocycles. The molecule has 0 unspecified atom stereocenters. The van der Waals surface area contributed by atoms with Crippen LogP contribution in [0.5, 0.6) is 5.75 Å². The minimum atomic E-state index is -1.56. The summed E-state index contributed by atoms with van der Waals surface area (Å²) in [5.41, 5.74) is 2.63. The smallest absolute Gasteiger partial charge is 0.188 e. The van der Waals surface area contributed by atoms with Gasteiger partial charge in [0, 0.05) is 0 Å². The molecule has 2 aromatic rings. The number of H-pyrrole nitrogens is 1. The predicted molar refractivity (Wildman–Crippen MR) is 111 cm³/mol. The fourth-order valence-corrected chi connectivity index (χ4v) is 4.67. The summed E-state index contributed by atoms with van der Waals surface area (Å²) in [6.07, 6.45) is 1.42. The molecule has 1 saturated carbocycles. The van der Waals surface area contributed by atoms with Crippen LogP contribution in [-0.4, -0.2) is 67.9 Å². The molecule has 2 fully saturated rings. The van der Waals surface area contributed by atoms with Crippen molar-refractivity contribution in [1.82, 2.24) is 10.2 Å². The lowest BCUT2D eigenvalue weighted by molar-refractivity contribution is -0.364. The third kappa shape index (κ3) is 4.87. The Bertz CT molecular complexity index is 867. The molecular weight excluding hydrogens is 404 g/mol. The Labute approximate surface area is 180 Å². The summed E-state index contributed by atoms with van der Waals surface area (Å²) in [4.78, 5) is 10.9. The van der Waals surface area contributed by atoms with Gasteiger partial charge in [0.1, 0.15) is 18.3 Å². The van der Waals surface area contributed by atoms with Gasteiger partial charge in [0.15, 0.2) is 18.1 Å². The lowest BCUT2D eigenvalue weighted by Gasteiger charge is -2.38. The summed E-state index contributed by atoms with van der Waals surface area (Å²) in [5, 5.41) is 48.0. The molecule has 1 saturated heterocycles. The number of ether oxygens (including phenoxy) is 1. The van der Waals surface area contributed by atoms with Crippen molar-refractivity contribution in [3.63, 3.8) is 0 Å². The highest BCUT2D eigenvalue weighted by atomic mass is 17.2. The number of aliphatic hydroxyl groups excluding tert-OH is 4. The van der Waals surface area contributed by atoms with Crippen LogP contribution >= 0.6 is 0 Å². The van der Waals surface area contributed by atoms with Crippen molar-refractivity contribution in [3.8, 4) is 5.75 Å². The van der Waals surface area contributed by atoms with Gasteiger partial charge in [-0.3, -0.25) is 5.10 Å². The fraction of sp³-hybridized carbons (Fsp3) is 0.682. The molecule has 1 aliphatic carbocycles. The molecule has 5 atom stereocenters. The van der Waals surface area contributed by atoms with Crippen LogP contribution in [0.15, 0.2) is 12.1 Å². The van der Waals surface area contributed by atoms with Crippen molar-refractivity contribution >= 4 is 10.9 Å². The van der Waals surface area contributed by atoms with Crippen molar-refractivity contribution in [3.05, 3.63) is 23.4 Å². The Balaban J connectivity index is 1.49. The zero-order valence-corrected chi connectivity index (χ0v) is 17.7. The Kier molecular flexibility index (Phi) is 7.10. The van der Waals surface area contributed by atoms with Crippen molar-refractivity contribution in [2.75, 3.05) is 6.61 Å². The van der Waals surface area contributed by atoms with E-state index in [1.165, 1.54) is 32.1 Å². The lowest BCUT2D eigenvalue weighted by atomic mass is 9.85. The van der Waals surface area contributed by atoms with Crippen LogP contribution in [0.4, 0.5) is 0 Å². The average molecular weight is 437 g/mol. The minimum absolute atomic E-state index is 0.417. The highest BCUT2D eigenvalue weighted by Crippen LogP contribution is 2.33. The number of aliphatic hydroxyl groups is 4. The molecule has 31 heavy (non-hydrogen) atoms. The maximum absolute atomic E-state index is 10.3. The summed E-state index contributed by atoms with van der Waals surface area (Å²) in [6, 6.07) is 3.78. The molecule has 0 amide bonds. The summed E-state index contributed by atoms with van der Waals surface area (Å²) < 4.78 is 5.12. The van der Waals surface area contributed by atoms with E-state index in [0.29, 0.717) is 5.75 Å². The molecule has 172 valence electrons. The predicted octanol–water partition coefficient (Wildman–Crippen LogP) is 1.49. The quantitative estimate of drug-likeness (QED) is 0.325. The molecule has 4 rings (SSSR count). The highest BCUT2D eigenvalue weighted by Gasteiger charge is 2.45. The third-order valence-corrected chi connectivity index (χ3v) is 6.45. The number of hydrogen-bond acceptors (Lipinski definition) is 8. The van der Waals surface area contributed by atoms with E-state index in [4.69, 9.17) is 14.5 Å². The van der Waals surface area contributed by atoms with E-state index in [1.54, 1.807) is 6.07 Å². The minimum Gasteiger partial charge on any atom is -0.394 e. The van der Waals surface area contributed by atoms with Gasteiger partial charge in [-0.25, -0.2) is 0 Å². The van der Waals surface area contributed by atoms with E-state index in [1.807, 2.05) is 13.0 Å². The van der Waals surface area contributed by atoms with Crippen LogP contribution in [0.25, 0.3) is 10.9 Å². The molecule has 0 radical (unpaired) electrons. The molecule has 5 N–H and O–H groups in total. The van der Waals surface area contributed by atoms with Crippen LogP contribution in [-0.2, 0) is 16.0 Å². The van der Waals surface area contributed by atoms with Crippen LogP contribution in [0, 0.1) is 12.8 Å². The fourth-order valence-electron chi connectivity index (χ4n) is 4.67. The van der Waals surface area contributed by atoms with Gasteiger partial charge in [0.2, 0.25) is 0 Å². The maximum atomic E-state index is 10.3. The first-order valence-corrected chi connectivity index (χ1v) is 11.1. The van der Waals surface area contributed by atoms with Crippen molar-refractivity contribution in [2.24, 2.45) is 5.92 Å². The van der Waals surface area contributed by atoms with Crippen molar-refractivity contribution in [1.29, 1.82) is 0 Å². The zero-order chi connectivity index (χ0) is 22.0. The van der Waals surface area contributed by atoms with Crippen LogP contribution in [0.3, 0.4) is 0 Å². The first-order chi connectivity index (χ1) is 15.0. The molecule has 2 aliphatic rings.